The van der Waals surface area contributed by atoms with Crippen molar-refractivity contribution < 1.29 is 4.79 Å². The van der Waals surface area contributed by atoms with E-state index >= 15 is 0 Å². The Hall–Kier alpha value is -2.60. The number of likely N-dealkylation sites (tertiary alicyclic amines) is 1. The number of nitrogens with zero attached hydrogens (tertiary/aromatic N) is 3. The summed E-state index contributed by atoms with van der Waals surface area (Å²) in [6, 6.07) is 13.5. The molecule has 5 nitrogen and oxygen atoms in total. The first-order valence-electron chi connectivity index (χ1n) is 11.0. The molecule has 0 radical (unpaired) electrons. The van der Waals surface area contributed by atoms with E-state index < -0.39 is 0 Å². The van der Waals surface area contributed by atoms with E-state index in [1.807, 2.05) is 68.1 Å². The van der Waals surface area contributed by atoms with Crippen LogP contribution in [-0.2, 0) is 4.79 Å². The average molecular weight is 436 g/mol. The molecule has 1 unspecified atom stereocenters. The van der Waals surface area contributed by atoms with E-state index in [9.17, 15) is 9.59 Å². The van der Waals surface area contributed by atoms with Gasteiger partial charge in [0.2, 0.25) is 5.91 Å². The number of rotatable bonds is 4. The van der Waals surface area contributed by atoms with Gasteiger partial charge < -0.3 is 4.90 Å². The van der Waals surface area contributed by atoms with Gasteiger partial charge in [-0.3, -0.25) is 14.2 Å². The zero-order valence-corrected chi connectivity index (χ0v) is 19.2. The monoisotopic (exact) mass is 435 g/mol. The van der Waals surface area contributed by atoms with Crippen LogP contribution in [0, 0.1) is 13.8 Å². The van der Waals surface area contributed by atoms with Gasteiger partial charge in [-0.1, -0.05) is 48.9 Å². The molecule has 162 valence electrons. The number of hydrogen-bond acceptors (Lipinski definition) is 4. The summed E-state index contributed by atoms with van der Waals surface area (Å²) in [5.41, 5.74) is 3.45. The second-order valence-corrected chi connectivity index (χ2v) is 9.65. The predicted molar refractivity (Wildman–Crippen MR) is 127 cm³/mol. The summed E-state index contributed by atoms with van der Waals surface area (Å²) in [5, 5.41) is 0.829. The Balaban J connectivity index is 1.78. The molecule has 1 fully saturated rings. The first-order valence-corrected chi connectivity index (χ1v) is 11.9. The minimum Gasteiger partial charge on any atom is -0.342 e. The Morgan fingerprint density at radius 1 is 1.03 bits per heavy atom. The van der Waals surface area contributed by atoms with Crippen molar-refractivity contribution in [2.45, 2.75) is 56.9 Å². The number of aryl methyl sites for hydroxylation is 2. The summed E-state index contributed by atoms with van der Waals surface area (Å²) in [7, 11) is 0. The smallest absolute Gasteiger partial charge is 0.266 e. The number of thioether (sulfide) groups is 1. The zero-order valence-electron chi connectivity index (χ0n) is 18.4. The highest BCUT2D eigenvalue weighted by molar-refractivity contribution is 8.00. The number of fused-ring (bicyclic) bond motifs is 1. The molecule has 1 atom stereocenters. The summed E-state index contributed by atoms with van der Waals surface area (Å²) < 4.78 is 1.68. The summed E-state index contributed by atoms with van der Waals surface area (Å²) >= 11 is 1.38. The number of para-hydroxylation sites is 1. The minimum atomic E-state index is -0.317. The third-order valence-corrected chi connectivity index (χ3v) is 6.94. The van der Waals surface area contributed by atoms with Gasteiger partial charge in [0.05, 0.1) is 21.8 Å². The lowest BCUT2D eigenvalue weighted by Crippen LogP contribution is -2.37. The van der Waals surface area contributed by atoms with Crippen molar-refractivity contribution in [3.63, 3.8) is 0 Å². The third-order valence-electron chi connectivity index (χ3n) is 5.90. The molecular weight excluding hydrogens is 406 g/mol. The van der Waals surface area contributed by atoms with Gasteiger partial charge >= 0.3 is 0 Å². The van der Waals surface area contributed by atoms with Gasteiger partial charge in [0.15, 0.2) is 5.16 Å². The summed E-state index contributed by atoms with van der Waals surface area (Å²) in [5.74, 6) is 0.127. The maximum Gasteiger partial charge on any atom is 0.266 e. The van der Waals surface area contributed by atoms with Gasteiger partial charge in [-0.15, -0.1) is 0 Å². The van der Waals surface area contributed by atoms with Gasteiger partial charge in [-0.2, -0.15) is 0 Å². The highest BCUT2D eigenvalue weighted by atomic mass is 32.2. The SMILES string of the molecule is Cc1ccc(C)c(-n2c(SC(C)C(=O)N3CCCCCC3)nc3ccccc3c2=O)c1. The van der Waals surface area contributed by atoms with Crippen molar-refractivity contribution in [1.29, 1.82) is 0 Å². The van der Waals surface area contributed by atoms with Crippen molar-refractivity contribution in [1.82, 2.24) is 14.5 Å². The van der Waals surface area contributed by atoms with Gasteiger partial charge in [-0.25, -0.2) is 4.98 Å². The lowest BCUT2D eigenvalue weighted by Gasteiger charge is -2.24. The van der Waals surface area contributed by atoms with Gasteiger partial charge in [0.1, 0.15) is 0 Å². The topological polar surface area (TPSA) is 55.2 Å². The Labute approximate surface area is 187 Å². The first-order chi connectivity index (χ1) is 15.0. The van der Waals surface area contributed by atoms with Crippen LogP contribution >= 0.6 is 11.8 Å². The predicted octanol–water partition coefficient (Wildman–Crippen LogP) is 4.89. The molecule has 1 amide bonds. The largest absolute Gasteiger partial charge is 0.342 e. The fourth-order valence-electron chi connectivity index (χ4n) is 4.12. The van der Waals surface area contributed by atoms with Crippen molar-refractivity contribution in [2.24, 2.45) is 0 Å². The first kappa shape index (κ1) is 21.6. The van der Waals surface area contributed by atoms with E-state index in [-0.39, 0.29) is 16.7 Å². The zero-order chi connectivity index (χ0) is 22.0. The summed E-state index contributed by atoms with van der Waals surface area (Å²) in [6.07, 6.45) is 4.49. The molecule has 2 aromatic carbocycles. The molecule has 4 rings (SSSR count). The fourth-order valence-corrected chi connectivity index (χ4v) is 5.12. The van der Waals surface area contributed by atoms with Crippen LogP contribution in [0.5, 0.6) is 0 Å². The quantitative estimate of drug-likeness (QED) is 0.433. The normalized spacial score (nSPS) is 15.6. The third kappa shape index (κ3) is 4.54. The number of amides is 1. The molecule has 3 aromatic rings. The molecule has 0 spiro atoms. The van der Waals surface area contributed by atoms with Crippen LogP contribution in [0.2, 0.25) is 0 Å². The molecule has 6 heteroatoms. The van der Waals surface area contributed by atoms with Crippen LogP contribution in [0.25, 0.3) is 16.6 Å². The minimum absolute atomic E-state index is 0.101. The Morgan fingerprint density at radius 3 is 2.48 bits per heavy atom. The summed E-state index contributed by atoms with van der Waals surface area (Å²) in [6.45, 7) is 7.57. The van der Waals surface area contributed by atoms with E-state index in [1.54, 1.807) is 4.57 Å². The second-order valence-electron chi connectivity index (χ2n) is 8.34. The van der Waals surface area contributed by atoms with E-state index in [0.29, 0.717) is 16.1 Å². The van der Waals surface area contributed by atoms with Gasteiger partial charge in [-0.05, 0) is 62.9 Å². The van der Waals surface area contributed by atoms with Crippen LogP contribution in [0.3, 0.4) is 0 Å². The molecule has 2 heterocycles. The number of carbonyl (C=O) groups is 1. The van der Waals surface area contributed by atoms with Crippen LogP contribution < -0.4 is 5.56 Å². The van der Waals surface area contributed by atoms with Crippen LogP contribution in [0.4, 0.5) is 0 Å². The maximum atomic E-state index is 13.5. The number of benzene rings is 2. The number of carbonyl (C=O) groups excluding carboxylic acids is 1. The highest BCUT2D eigenvalue weighted by Gasteiger charge is 2.25. The number of aromatic nitrogens is 2. The molecule has 0 aliphatic carbocycles. The fraction of sp³-hybridized carbons (Fsp3) is 0.400. The van der Waals surface area contributed by atoms with E-state index in [0.717, 1.165) is 42.7 Å². The Morgan fingerprint density at radius 2 is 1.74 bits per heavy atom. The highest BCUT2D eigenvalue weighted by Crippen LogP contribution is 2.28. The lowest BCUT2D eigenvalue weighted by molar-refractivity contribution is -0.130. The Bertz CT molecular complexity index is 1160. The molecular formula is C25H29N3O2S. The van der Waals surface area contributed by atoms with Crippen LogP contribution in [-0.4, -0.2) is 38.7 Å². The molecule has 1 saturated heterocycles. The van der Waals surface area contributed by atoms with Crippen molar-refractivity contribution in [2.75, 3.05) is 13.1 Å². The van der Waals surface area contributed by atoms with E-state index in [1.165, 1.54) is 24.6 Å². The molecule has 1 aromatic heterocycles. The van der Waals surface area contributed by atoms with E-state index in [2.05, 4.69) is 0 Å². The van der Waals surface area contributed by atoms with Crippen LogP contribution in [0.15, 0.2) is 52.4 Å². The van der Waals surface area contributed by atoms with Crippen LogP contribution in [0.1, 0.15) is 43.7 Å². The van der Waals surface area contributed by atoms with Crippen molar-refractivity contribution in [3.05, 3.63) is 63.9 Å². The van der Waals surface area contributed by atoms with Gasteiger partial charge in [0.25, 0.3) is 5.56 Å². The standard InChI is InChI=1S/C25H29N3O2S/c1-17-12-13-18(2)22(16-17)28-24(30)20-10-6-7-11-21(20)26-25(28)31-19(3)23(29)27-14-8-4-5-9-15-27/h6-7,10-13,16,19H,4-5,8-9,14-15H2,1-3H3. The maximum absolute atomic E-state index is 13.5. The molecule has 31 heavy (non-hydrogen) atoms. The average Bonchev–Trinajstić information content (AvgIpc) is 3.05. The number of hydrogen-bond donors (Lipinski definition) is 0. The summed E-state index contributed by atoms with van der Waals surface area (Å²) in [4.78, 5) is 33.5. The molecule has 1 aliphatic heterocycles. The van der Waals surface area contributed by atoms with E-state index in [4.69, 9.17) is 4.98 Å². The lowest BCUT2D eigenvalue weighted by atomic mass is 10.1. The van der Waals surface area contributed by atoms with Crippen molar-refractivity contribution in [3.8, 4) is 5.69 Å². The second kappa shape index (κ2) is 9.27. The Kier molecular flexibility index (Phi) is 6.46. The molecule has 1 aliphatic rings. The molecule has 0 bridgehead atoms. The van der Waals surface area contributed by atoms with Gasteiger partial charge in [0, 0.05) is 13.1 Å². The van der Waals surface area contributed by atoms with Crippen molar-refractivity contribution >= 4 is 28.6 Å². The molecule has 0 saturated carbocycles. The molecule has 0 N–H and O–H groups in total.